The number of hydrogen-bond acceptors (Lipinski definition) is 3. The summed E-state index contributed by atoms with van der Waals surface area (Å²) in [5.41, 5.74) is -0.296. The number of hydrogen-bond donors (Lipinski definition) is 1. The zero-order valence-corrected chi connectivity index (χ0v) is 11.4. The van der Waals surface area contributed by atoms with Crippen molar-refractivity contribution in [3.63, 3.8) is 0 Å². The number of nitrogens with one attached hydrogen (secondary N) is 1. The van der Waals surface area contributed by atoms with E-state index in [2.05, 4.69) is 12.2 Å². The van der Waals surface area contributed by atoms with Gasteiger partial charge in [-0.2, -0.15) is 0 Å². The summed E-state index contributed by atoms with van der Waals surface area (Å²) in [4.78, 5) is 14.3. The number of nitrogens with zero attached hydrogens (tertiary/aromatic N) is 1. The third-order valence-electron chi connectivity index (χ3n) is 3.45. The van der Waals surface area contributed by atoms with Gasteiger partial charge in [0.05, 0.1) is 12.1 Å². The van der Waals surface area contributed by atoms with E-state index in [9.17, 15) is 4.79 Å². The van der Waals surface area contributed by atoms with Gasteiger partial charge in [0.25, 0.3) is 0 Å². The molecule has 1 fully saturated rings. The quantitative estimate of drug-likeness (QED) is 0.686. The lowest BCUT2D eigenvalue weighted by Crippen LogP contribution is -2.54. The van der Waals surface area contributed by atoms with E-state index in [0.717, 1.165) is 32.2 Å². The molecule has 1 aliphatic heterocycles. The van der Waals surface area contributed by atoms with Crippen LogP contribution in [0.15, 0.2) is 0 Å². The molecule has 100 valence electrons. The molecule has 1 unspecified atom stereocenters. The fourth-order valence-corrected chi connectivity index (χ4v) is 2.55. The Bertz CT molecular complexity index is 238. The third-order valence-corrected chi connectivity index (χ3v) is 3.45. The van der Waals surface area contributed by atoms with Crippen LogP contribution in [0.5, 0.6) is 0 Å². The smallest absolute Gasteiger partial charge is 0.242 e. The molecule has 0 radical (unpaired) electrons. The van der Waals surface area contributed by atoms with Gasteiger partial charge >= 0.3 is 0 Å². The summed E-state index contributed by atoms with van der Waals surface area (Å²) in [7, 11) is 1.87. The molecule has 0 bridgehead atoms. The van der Waals surface area contributed by atoms with E-state index in [1.165, 1.54) is 0 Å². The van der Waals surface area contributed by atoms with E-state index in [-0.39, 0.29) is 11.4 Å². The number of likely N-dealkylation sites (N-methyl/N-ethyl adjacent to an activating group) is 1. The molecule has 0 aliphatic carbocycles. The Morgan fingerprint density at radius 1 is 1.47 bits per heavy atom. The fourth-order valence-electron chi connectivity index (χ4n) is 2.55. The lowest BCUT2D eigenvalue weighted by molar-refractivity contribution is -0.137. The first kappa shape index (κ1) is 14.5. The highest BCUT2D eigenvalue weighted by Crippen LogP contribution is 2.26. The van der Waals surface area contributed by atoms with Crippen molar-refractivity contribution in [2.75, 3.05) is 33.4 Å². The maximum atomic E-state index is 12.5. The van der Waals surface area contributed by atoms with Gasteiger partial charge in [-0.25, -0.2) is 0 Å². The van der Waals surface area contributed by atoms with E-state index < -0.39 is 0 Å². The van der Waals surface area contributed by atoms with Gasteiger partial charge in [0, 0.05) is 20.2 Å². The summed E-state index contributed by atoms with van der Waals surface area (Å²) in [6.45, 7) is 7.08. The van der Waals surface area contributed by atoms with Gasteiger partial charge in [-0.3, -0.25) is 4.79 Å². The molecule has 0 aromatic carbocycles. The molecule has 0 aromatic rings. The summed E-state index contributed by atoms with van der Waals surface area (Å²) in [6, 6.07) is 0. The van der Waals surface area contributed by atoms with Crippen molar-refractivity contribution in [1.29, 1.82) is 0 Å². The van der Waals surface area contributed by atoms with Gasteiger partial charge in [-0.15, -0.1) is 0 Å². The normalized spacial score (nSPS) is 23.9. The second-order valence-electron chi connectivity index (χ2n) is 4.79. The zero-order chi connectivity index (χ0) is 12.7. The second kappa shape index (κ2) is 6.97. The lowest BCUT2D eigenvalue weighted by Gasteiger charge is -2.32. The topological polar surface area (TPSA) is 41.6 Å². The minimum atomic E-state index is -0.296. The van der Waals surface area contributed by atoms with E-state index in [0.29, 0.717) is 19.8 Å². The Morgan fingerprint density at radius 3 is 2.76 bits per heavy atom. The summed E-state index contributed by atoms with van der Waals surface area (Å²) >= 11 is 0. The molecule has 1 saturated heterocycles. The highest BCUT2D eigenvalue weighted by Gasteiger charge is 2.41. The van der Waals surface area contributed by atoms with Crippen molar-refractivity contribution >= 4 is 5.91 Å². The van der Waals surface area contributed by atoms with Gasteiger partial charge in [0.1, 0.15) is 0 Å². The largest absolute Gasteiger partial charge is 0.380 e. The number of amides is 1. The zero-order valence-electron chi connectivity index (χ0n) is 11.4. The molecule has 1 N–H and O–H groups in total. The molecule has 1 heterocycles. The van der Waals surface area contributed by atoms with Crippen LogP contribution in [0.4, 0.5) is 0 Å². The van der Waals surface area contributed by atoms with Crippen LogP contribution in [-0.4, -0.2) is 49.7 Å². The van der Waals surface area contributed by atoms with Crippen LogP contribution in [0.1, 0.15) is 39.5 Å². The van der Waals surface area contributed by atoms with Crippen molar-refractivity contribution in [3.05, 3.63) is 0 Å². The van der Waals surface area contributed by atoms with Gasteiger partial charge in [-0.1, -0.05) is 13.3 Å². The predicted octanol–water partition coefficient (Wildman–Crippen LogP) is 1.40. The van der Waals surface area contributed by atoms with Crippen LogP contribution in [0, 0.1) is 0 Å². The first-order valence-corrected chi connectivity index (χ1v) is 6.74. The maximum Gasteiger partial charge on any atom is 0.242 e. The fraction of sp³-hybridized carbons (Fsp3) is 0.923. The van der Waals surface area contributed by atoms with Crippen molar-refractivity contribution < 1.29 is 9.53 Å². The molecule has 17 heavy (non-hydrogen) atoms. The maximum absolute atomic E-state index is 12.5. The second-order valence-corrected chi connectivity index (χ2v) is 4.79. The average Bonchev–Trinajstić information content (AvgIpc) is 2.78. The molecular formula is C13H26N2O2. The Labute approximate surface area is 105 Å². The predicted molar refractivity (Wildman–Crippen MR) is 69.0 cm³/mol. The number of rotatable bonds is 7. The molecule has 1 aliphatic rings. The Balaban J connectivity index is 2.52. The van der Waals surface area contributed by atoms with E-state index in [1.54, 1.807) is 0 Å². The monoisotopic (exact) mass is 242 g/mol. The standard InChI is InChI=1S/C13H26N2O2/c1-4-7-13(8-6-9-14-13)12(16)15(3)10-11-17-5-2/h14H,4-11H2,1-3H3. The Morgan fingerprint density at radius 2 is 2.24 bits per heavy atom. The number of carbonyl (C=O) groups excluding carboxylic acids is 1. The minimum Gasteiger partial charge on any atom is -0.380 e. The first-order chi connectivity index (χ1) is 8.16. The van der Waals surface area contributed by atoms with Gasteiger partial charge in [-0.05, 0) is 32.7 Å². The Kier molecular flexibility index (Phi) is 5.92. The lowest BCUT2D eigenvalue weighted by atomic mass is 9.90. The molecule has 1 amide bonds. The van der Waals surface area contributed by atoms with Crippen LogP contribution >= 0.6 is 0 Å². The van der Waals surface area contributed by atoms with E-state index in [1.807, 2.05) is 18.9 Å². The molecule has 4 heteroatoms. The van der Waals surface area contributed by atoms with Crippen LogP contribution in [0.3, 0.4) is 0 Å². The molecule has 4 nitrogen and oxygen atoms in total. The van der Waals surface area contributed by atoms with Crippen LogP contribution < -0.4 is 5.32 Å². The molecule has 0 spiro atoms. The van der Waals surface area contributed by atoms with E-state index >= 15 is 0 Å². The van der Waals surface area contributed by atoms with Crippen LogP contribution in [0.2, 0.25) is 0 Å². The molecule has 0 aromatic heterocycles. The average molecular weight is 242 g/mol. The van der Waals surface area contributed by atoms with E-state index in [4.69, 9.17) is 4.74 Å². The minimum absolute atomic E-state index is 0.233. The highest BCUT2D eigenvalue weighted by molar-refractivity contribution is 5.86. The van der Waals surface area contributed by atoms with Crippen molar-refractivity contribution in [2.24, 2.45) is 0 Å². The van der Waals surface area contributed by atoms with Crippen LogP contribution in [-0.2, 0) is 9.53 Å². The number of ether oxygens (including phenoxy) is 1. The summed E-state index contributed by atoms with van der Waals surface area (Å²) in [5.74, 6) is 0.233. The van der Waals surface area contributed by atoms with Gasteiger partial charge in [0.15, 0.2) is 0 Å². The highest BCUT2D eigenvalue weighted by atomic mass is 16.5. The summed E-state index contributed by atoms with van der Waals surface area (Å²) in [5, 5.41) is 3.41. The molecule has 1 atom stereocenters. The van der Waals surface area contributed by atoms with Crippen molar-refractivity contribution in [3.8, 4) is 0 Å². The Hall–Kier alpha value is -0.610. The molecule has 1 rings (SSSR count). The SMILES string of the molecule is CCCC1(C(=O)N(C)CCOCC)CCCN1. The van der Waals surface area contributed by atoms with Crippen molar-refractivity contribution in [1.82, 2.24) is 10.2 Å². The summed E-state index contributed by atoms with van der Waals surface area (Å²) in [6.07, 6.45) is 4.05. The number of carbonyl (C=O) groups is 1. The van der Waals surface area contributed by atoms with Gasteiger partial charge in [0.2, 0.25) is 5.91 Å². The third kappa shape index (κ3) is 3.68. The molecule has 0 saturated carbocycles. The van der Waals surface area contributed by atoms with Gasteiger partial charge < -0.3 is 15.0 Å². The molecular weight excluding hydrogens is 216 g/mol. The first-order valence-electron chi connectivity index (χ1n) is 6.74. The van der Waals surface area contributed by atoms with Crippen molar-refractivity contribution in [2.45, 2.75) is 45.1 Å². The van der Waals surface area contributed by atoms with Crippen LogP contribution in [0.25, 0.3) is 0 Å². The summed E-state index contributed by atoms with van der Waals surface area (Å²) < 4.78 is 5.30.